The molecule has 1 aliphatic rings. The number of benzene rings is 1. The maximum absolute atomic E-state index is 12.5. The van der Waals surface area contributed by atoms with Crippen molar-refractivity contribution < 1.29 is 17.9 Å². The number of nitrogens with zero attached hydrogens (tertiary/aromatic N) is 1. The summed E-state index contributed by atoms with van der Waals surface area (Å²) >= 11 is 0. The van der Waals surface area contributed by atoms with Crippen LogP contribution in [-0.4, -0.2) is 43.6 Å². The Balaban J connectivity index is 2.02. The summed E-state index contributed by atoms with van der Waals surface area (Å²) in [6.07, 6.45) is 1.46. The van der Waals surface area contributed by atoms with Crippen molar-refractivity contribution in [3.63, 3.8) is 0 Å². The van der Waals surface area contributed by atoms with Gasteiger partial charge in [0.1, 0.15) is 5.75 Å². The van der Waals surface area contributed by atoms with E-state index < -0.39 is 10.0 Å². The molecule has 1 aromatic rings. The summed E-state index contributed by atoms with van der Waals surface area (Å²) in [5, 5.41) is 2.87. The van der Waals surface area contributed by atoms with Gasteiger partial charge in [-0.1, -0.05) is 6.07 Å². The van der Waals surface area contributed by atoms with Crippen molar-refractivity contribution in [3.05, 3.63) is 24.3 Å². The molecule has 0 radical (unpaired) electrons. The number of amides is 1. The van der Waals surface area contributed by atoms with Crippen LogP contribution in [0.3, 0.4) is 0 Å². The van der Waals surface area contributed by atoms with E-state index in [-0.39, 0.29) is 30.2 Å². The van der Waals surface area contributed by atoms with Gasteiger partial charge in [0.15, 0.2) is 0 Å². The molecule has 0 spiro atoms. The van der Waals surface area contributed by atoms with Gasteiger partial charge in [0.2, 0.25) is 15.9 Å². The Labute approximate surface area is 144 Å². The van der Waals surface area contributed by atoms with Crippen LogP contribution in [0.25, 0.3) is 0 Å². The number of hydrogen-bond acceptors (Lipinski definition) is 4. The Hall–Kier alpha value is -1.60. The summed E-state index contributed by atoms with van der Waals surface area (Å²) < 4.78 is 31.1. The molecule has 1 amide bonds. The van der Waals surface area contributed by atoms with Gasteiger partial charge < -0.3 is 10.1 Å². The highest BCUT2D eigenvalue weighted by atomic mass is 32.2. The van der Waals surface area contributed by atoms with E-state index >= 15 is 0 Å². The van der Waals surface area contributed by atoms with Crippen molar-refractivity contribution in [2.24, 2.45) is 5.92 Å². The number of nitrogens with one attached hydrogen (secondary N) is 1. The second-order valence-electron chi connectivity index (χ2n) is 6.28. The lowest BCUT2D eigenvalue weighted by atomic mass is 9.98. The van der Waals surface area contributed by atoms with Gasteiger partial charge in [0.25, 0.3) is 0 Å². The average Bonchev–Trinajstić information content (AvgIpc) is 2.54. The SMILES string of the molecule is CCS(=O)(=O)N1CCCC(C(=O)Nc2cccc(OC(C)C)c2)C1. The third-order valence-corrected chi connectivity index (χ3v) is 5.83. The number of ether oxygens (including phenoxy) is 1. The molecule has 2 rings (SSSR count). The summed E-state index contributed by atoms with van der Waals surface area (Å²) in [4.78, 5) is 12.5. The van der Waals surface area contributed by atoms with Crippen LogP contribution in [0.5, 0.6) is 5.75 Å². The number of piperidine rings is 1. The molecule has 0 aromatic heterocycles. The van der Waals surface area contributed by atoms with Gasteiger partial charge in [-0.05, 0) is 45.7 Å². The largest absolute Gasteiger partial charge is 0.491 e. The first kappa shape index (κ1) is 18.7. The third kappa shape index (κ3) is 4.95. The smallest absolute Gasteiger partial charge is 0.228 e. The Morgan fingerprint density at radius 2 is 2.17 bits per heavy atom. The standard InChI is InChI=1S/C17H26N2O4S/c1-4-24(21,22)19-10-6-7-14(12-19)17(20)18-15-8-5-9-16(11-15)23-13(2)3/h5,8-9,11,13-14H,4,6-7,10,12H2,1-3H3,(H,18,20). The quantitative estimate of drug-likeness (QED) is 0.851. The second kappa shape index (κ2) is 7.98. The molecule has 0 saturated carbocycles. The summed E-state index contributed by atoms with van der Waals surface area (Å²) in [7, 11) is -3.25. The number of rotatable bonds is 6. The molecule has 24 heavy (non-hydrogen) atoms. The van der Waals surface area contributed by atoms with Crippen molar-refractivity contribution in [1.29, 1.82) is 0 Å². The molecule has 1 aromatic carbocycles. The Morgan fingerprint density at radius 1 is 1.42 bits per heavy atom. The molecule has 1 atom stereocenters. The maximum Gasteiger partial charge on any atom is 0.228 e. The van der Waals surface area contributed by atoms with E-state index in [2.05, 4.69) is 5.32 Å². The first-order chi connectivity index (χ1) is 11.3. The topological polar surface area (TPSA) is 75.7 Å². The molecule has 1 heterocycles. The fourth-order valence-corrected chi connectivity index (χ4v) is 3.93. The van der Waals surface area contributed by atoms with Crippen molar-refractivity contribution in [2.45, 2.75) is 39.7 Å². The Morgan fingerprint density at radius 3 is 2.83 bits per heavy atom. The molecule has 6 nitrogen and oxygen atoms in total. The van der Waals surface area contributed by atoms with Crippen molar-refractivity contribution in [3.8, 4) is 5.75 Å². The first-order valence-corrected chi connectivity index (χ1v) is 9.98. The molecule has 1 aliphatic heterocycles. The summed E-state index contributed by atoms with van der Waals surface area (Å²) in [6, 6.07) is 7.24. The lowest BCUT2D eigenvalue weighted by Crippen LogP contribution is -2.44. The summed E-state index contributed by atoms with van der Waals surface area (Å²) in [5.41, 5.74) is 0.661. The molecule has 1 saturated heterocycles. The van der Waals surface area contributed by atoms with Crippen molar-refractivity contribution in [1.82, 2.24) is 4.31 Å². The maximum atomic E-state index is 12.5. The average molecular weight is 354 g/mol. The van der Waals surface area contributed by atoms with E-state index in [1.54, 1.807) is 19.1 Å². The number of hydrogen-bond donors (Lipinski definition) is 1. The monoisotopic (exact) mass is 354 g/mol. The van der Waals surface area contributed by atoms with Crippen LogP contribution < -0.4 is 10.1 Å². The molecular formula is C17H26N2O4S. The number of anilines is 1. The third-order valence-electron chi connectivity index (χ3n) is 3.99. The summed E-state index contributed by atoms with van der Waals surface area (Å²) in [6.45, 7) is 6.26. The first-order valence-electron chi connectivity index (χ1n) is 8.37. The fourth-order valence-electron chi connectivity index (χ4n) is 2.76. The minimum atomic E-state index is -3.25. The molecule has 7 heteroatoms. The van der Waals surface area contributed by atoms with Crippen LogP contribution >= 0.6 is 0 Å². The van der Waals surface area contributed by atoms with E-state index in [0.717, 1.165) is 0 Å². The Bertz CT molecular complexity index is 673. The predicted molar refractivity (Wildman–Crippen MR) is 94.6 cm³/mol. The molecule has 1 unspecified atom stereocenters. The van der Waals surface area contributed by atoms with Crippen LogP contribution in [-0.2, 0) is 14.8 Å². The van der Waals surface area contributed by atoms with Gasteiger partial charge in [-0.2, -0.15) is 0 Å². The Kier molecular flexibility index (Phi) is 6.23. The van der Waals surface area contributed by atoms with Crippen LogP contribution in [0, 0.1) is 5.92 Å². The molecule has 1 N–H and O–H groups in total. The molecular weight excluding hydrogens is 328 g/mol. The van der Waals surface area contributed by atoms with E-state index in [1.807, 2.05) is 26.0 Å². The van der Waals surface area contributed by atoms with Crippen LogP contribution in [0.15, 0.2) is 24.3 Å². The van der Waals surface area contributed by atoms with Crippen LogP contribution in [0.2, 0.25) is 0 Å². The van der Waals surface area contributed by atoms with Gasteiger partial charge >= 0.3 is 0 Å². The zero-order valence-electron chi connectivity index (χ0n) is 14.5. The zero-order valence-corrected chi connectivity index (χ0v) is 15.3. The van der Waals surface area contributed by atoms with Gasteiger partial charge in [-0.25, -0.2) is 12.7 Å². The van der Waals surface area contributed by atoms with Gasteiger partial charge in [-0.15, -0.1) is 0 Å². The predicted octanol–water partition coefficient (Wildman–Crippen LogP) is 2.47. The lowest BCUT2D eigenvalue weighted by Gasteiger charge is -2.30. The number of sulfonamides is 1. The van der Waals surface area contributed by atoms with Crippen molar-refractivity contribution >= 4 is 21.6 Å². The second-order valence-corrected chi connectivity index (χ2v) is 8.54. The normalized spacial score (nSPS) is 19.2. The molecule has 1 fully saturated rings. The van der Waals surface area contributed by atoms with Gasteiger partial charge in [0, 0.05) is 24.8 Å². The minimum Gasteiger partial charge on any atom is -0.491 e. The van der Waals surface area contributed by atoms with E-state index in [1.165, 1.54) is 4.31 Å². The van der Waals surface area contributed by atoms with Crippen LogP contribution in [0.1, 0.15) is 33.6 Å². The highest BCUT2D eigenvalue weighted by molar-refractivity contribution is 7.89. The van der Waals surface area contributed by atoms with Gasteiger partial charge in [-0.3, -0.25) is 4.79 Å². The van der Waals surface area contributed by atoms with Gasteiger partial charge in [0.05, 0.1) is 17.8 Å². The van der Waals surface area contributed by atoms with E-state index in [4.69, 9.17) is 4.74 Å². The summed E-state index contributed by atoms with van der Waals surface area (Å²) in [5.74, 6) is 0.291. The fraction of sp³-hybridized carbons (Fsp3) is 0.588. The lowest BCUT2D eigenvalue weighted by molar-refractivity contribution is -0.120. The zero-order chi connectivity index (χ0) is 17.7. The minimum absolute atomic E-state index is 0.0575. The molecule has 0 bridgehead atoms. The highest BCUT2D eigenvalue weighted by Crippen LogP contribution is 2.23. The van der Waals surface area contributed by atoms with Crippen LogP contribution in [0.4, 0.5) is 5.69 Å². The van der Waals surface area contributed by atoms with Crippen molar-refractivity contribution in [2.75, 3.05) is 24.2 Å². The molecule has 134 valence electrons. The highest BCUT2D eigenvalue weighted by Gasteiger charge is 2.31. The number of carbonyl (C=O) groups is 1. The molecule has 0 aliphatic carbocycles. The van der Waals surface area contributed by atoms with E-state index in [9.17, 15) is 13.2 Å². The number of carbonyl (C=O) groups excluding carboxylic acids is 1. The van der Waals surface area contributed by atoms with E-state index in [0.29, 0.717) is 30.8 Å².